The summed E-state index contributed by atoms with van der Waals surface area (Å²) in [4.78, 5) is 17.0. The van der Waals surface area contributed by atoms with E-state index in [0.29, 0.717) is 16.8 Å². The Morgan fingerprint density at radius 2 is 1.75 bits per heavy atom. The molecule has 4 rings (SSSR count). The van der Waals surface area contributed by atoms with Crippen LogP contribution in [0.5, 0.6) is 0 Å². The molecule has 0 aliphatic heterocycles. The van der Waals surface area contributed by atoms with Crippen LogP contribution in [-0.2, 0) is 4.79 Å². The van der Waals surface area contributed by atoms with Gasteiger partial charge in [0.25, 0.3) is 0 Å². The molecular weight excluding hydrogens is 422 g/mol. The molecule has 0 unspecified atom stereocenters. The van der Waals surface area contributed by atoms with Gasteiger partial charge in [-0.25, -0.2) is 4.68 Å². The number of thioether (sulfide) groups is 1. The summed E-state index contributed by atoms with van der Waals surface area (Å²) in [5.74, 6) is 1.26. The number of carbonyl (C=O) groups excluding carboxylic acids is 1. The lowest BCUT2D eigenvalue weighted by atomic mass is 10.2. The van der Waals surface area contributed by atoms with Crippen molar-refractivity contribution in [3.05, 3.63) is 66.6 Å². The Bertz CT molecular complexity index is 1220. The average Bonchev–Trinajstić information content (AvgIpc) is 3.42. The Morgan fingerprint density at radius 3 is 2.47 bits per heavy atom. The first-order valence-electron chi connectivity index (χ1n) is 10.4. The van der Waals surface area contributed by atoms with Crippen molar-refractivity contribution in [2.24, 2.45) is 0 Å². The Balaban J connectivity index is 1.65. The Labute approximate surface area is 191 Å². The molecule has 164 valence electrons. The highest BCUT2D eigenvalue weighted by molar-refractivity contribution is 8.00. The third kappa shape index (κ3) is 4.43. The zero-order valence-electron chi connectivity index (χ0n) is 18.4. The van der Waals surface area contributed by atoms with Crippen LogP contribution in [0, 0.1) is 6.92 Å². The van der Waals surface area contributed by atoms with Crippen LogP contribution in [-0.4, -0.2) is 40.7 Å². The van der Waals surface area contributed by atoms with E-state index >= 15 is 0 Å². The van der Waals surface area contributed by atoms with Gasteiger partial charge in [-0.1, -0.05) is 30.0 Å². The number of pyridine rings is 1. The summed E-state index contributed by atoms with van der Waals surface area (Å²) >= 11 is 1.37. The molecule has 1 amide bonds. The highest BCUT2D eigenvalue weighted by atomic mass is 32.2. The second kappa shape index (κ2) is 9.35. The summed E-state index contributed by atoms with van der Waals surface area (Å²) in [5, 5.41) is 16.4. The summed E-state index contributed by atoms with van der Waals surface area (Å²) in [6.45, 7) is 7.95. The third-order valence-corrected chi connectivity index (χ3v) is 6.03. The van der Waals surface area contributed by atoms with Crippen LogP contribution in [0.15, 0.2) is 66.2 Å². The minimum absolute atomic E-state index is 0.123. The van der Waals surface area contributed by atoms with Crippen LogP contribution in [0.2, 0.25) is 0 Å². The molecule has 9 heteroatoms. The molecule has 3 aromatic heterocycles. The van der Waals surface area contributed by atoms with E-state index in [1.165, 1.54) is 11.8 Å². The zero-order chi connectivity index (χ0) is 22.7. The first kappa shape index (κ1) is 21.8. The Morgan fingerprint density at radius 1 is 1.00 bits per heavy atom. The van der Waals surface area contributed by atoms with E-state index in [9.17, 15) is 4.79 Å². The van der Waals surface area contributed by atoms with Crippen LogP contribution in [0.4, 0.5) is 5.82 Å². The largest absolute Gasteiger partial charge is 0.310 e. The van der Waals surface area contributed by atoms with Gasteiger partial charge in [-0.05, 0) is 51.5 Å². The standard InChI is InChI=1S/C23H25N7OS/c1-15(2)30-20(11-14-25-30)26-22(31)17(4)32-23-28-27-21(18-9-12-24-13-10-18)29(23)19-8-6-5-7-16(19)3/h5-15,17H,1-4H3,(H,26,31)/t17-/m1/s1. The fourth-order valence-corrected chi connectivity index (χ4v) is 4.19. The highest BCUT2D eigenvalue weighted by Crippen LogP contribution is 2.31. The van der Waals surface area contributed by atoms with Crippen molar-refractivity contribution in [2.45, 2.75) is 44.1 Å². The SMILES string of the molecule is Cc1ccccc1-n1c(S[C@H](C)C(=O)Nc2ccnn2C(C)C)nnc1-c1ccncc1. The minimum Gasteiger partial charge on any atom is -0.310 e. The number of aromatic nitrogens is 6. The molecule has 32 heavy (non-hydrogen) atoms. The molecular formula is C23H25N7OS. The predicted molar refractivity (Wildman–Crippen MR) is 126 cm³/mol. The molecule has 1 atom stereocenters. The lowest BCUT2D eigenvalue weighted by Crippen LogP contribution is -2.25. The normalized spacial score (nSPS) is 12.2. The van der Waals surface area contributed by atoms with Crippen molar-refractivity contribution >= 4 is 23.5 Å². The summed E-state index contributed by atoms with van der Waals surface area (Å²) in [7, 11) is 0. The summed E-state index contributed by atoms with van der Waals surface area (Å²) < 4.78 is 3.78. The third-order valence-electron chi connectivity index (χ3n) is 4.99. The molecule has 0 spiro atoms. The fraction of sp³-hybridized carbons (Fsp3) is 0.261. The second-order valence-electron chi connectivity index (χ2n) is 7.67. The summed E-state index contributed by atoms with van der Waals surface area (Å²) in [5.41, 5.74) is 2.96. The van der Waals surface area contributed by atoms with E-state index in [2.05, 4.69) is 25.6 Å². The van der Waals surface area contributed by atoms with Crippen molar-refractivity contribution in [3.8, 4) is 17.1 Å². The van der Waals surface area contributed by atoms with Gasteiger partial charge in [0.05, 0.1) is 17.1 Å². The topological polar surface area (TPSA) is 90.5 Å². The minimum atomic E-state index is -0.400. The van der Waals surface area contributed by atoms with Gasteiger partial charge in [0.2, 0.25) is 5.91 Å². The number of hydrogen-bond acceptors (Lipinski definition) is 6. The van der Waals surface area contributed by atoms with E-state index in [0.717, 1.165) is 16.8 Å². The van der Waals surface area contributed by atoms with Gasteiger partial charge in [0.15, 0.2) is 11.0 Å². The molecule has 1 N–H and O–H groups in total. The monoisotopic (exact) mass is 447 g/mol. The van der Waals surface area contributed by atoms with Crippen LogP contribution in [0.1, 0.15) is 32.4 Å². The molecule has 8 nitrogen and oxygen atoms in total. The van der Waals surface area contributed by atoms with E-state index in [4.69, 9.17) is 0 Å². The highest BCUT2D eigenvalue weighted by Gasteiger charge is 2.23. The maximum Gasteiger partial charge on any atom is 0.238 e. The second-order valence-corrected chi connectivity index (χ2v) is 8.98. The number of para-hydroxylation sites is 1. The molecule has 0 fully saturated rings. The number of aryl methyl sites for hydroxylation is 1. The van der Waals surface area contributed by atoms with Crippen molar-refractivity contribution < 1.29 is 4.79 Å². The number of benzene rings is 1. The molecule has 0 radical (unpaired) electrons. The maximum atomic E-state index is 12.9. The predicted octanol–water partition coefficient (Wildman–Crippen LogP) is 4.53. The van der Waals surface area contributed by atoms with Gasteiger partial charge in [-0.3, -0.25) is 14.3 Å². The molecule has 4 aromatic rings. The number of anilines is 1. The van der Waals surface area contributed by atoms with Gasteiger partial charge >= 0.3 is 0 Å². The lowest BCUT2D eigenvalue weighted by Gasteiger charge is -2.16. The number of rotatable bonds is 7. The number of amides is 1. The first-order valence-corrected chi connectivity index (χ1v) is 11.3. The number of hydrogen-bond donors (Lipinski definition) is 1. The van der Waals surface area contributed by atoms with Crippen LogP contribution < -0.4 is 5.32 Å². The van der Waals surface area contributed by atoms with E-state index in [1.54, 1.807) is 29.3 Å². The first-order chi connectivity index (χ1) is 15.5. The van der Waals surface area contributed by atoms with Crippen molar-refractivity contribution in [3.63, 3.8) is 0 Å². The van der Waals surface area contributed by atoms with Gasteiger partial charge in [-0.2, -0.15) is 5.10 Å². The van der Waals surface area contributed by atoms with Crippen molar-refractivity contribution in [2.75, 3.05) is 5.32 Å². The quantitative estimate of drug-likeness (QED) is 0.419. The van der Waals surface area contributed by atoms with Gasteiger partial charge in [-0.15, -0.1) is 10.2 Å². The van der Waals surface area contributed by atoms with Crippen LogP contribution >= 0.6 is 11.8 Å². The average molecular weight is 448 g/mol. The lowest BCUT2D eigenvalue weighted by molar-refractivity contribution is -0.115. The molecule has 0 aliphatic rings. The number of carbonyl (C=O) groups is 1. The van der Waals surface area contributed by atoms with Gasteiger partial charge in [0, 0.05) is 30.1 Å². The Kier molecular flexibility index (Phi) is 6.36. The molecule has 3 heterocycles. The van der Waals surface area contributed by atoms with Gasteiger partial charge < -0.3 is 5.32 Å². The smallest absolute Gasteiger partial charge is 0.238 e. The summed E-state index contributed by atoms with van der Waals surface area (Å²) in [6.07, 6.45) is 5.14. The molecule has 0 saturated carbocycles. The van der Waals surface area contributed by atoms with E-state index in [-0.39, 0.29) is 11.9 Å². The molecule has 0 bridgehead atoms. The van der Waals surface area contributed by atoms with Crippen LogP contribution in [0.3, 0.4) is 0 Å². The zero-order valence-corrected chi connectivity index (χ0v) is 19.2. The van der Waals surface area contributed by atoms with E-state index < -0.39 is 5.25 Å². The Hall–Kier alpha value is -3.46. The molecule has 0 saturated heterocycles. The number of nitrogens with one attached hydrogen (secondary N) is 1. The molecule has 1 aromatic carbocycles. The summed E-state index contributed by atoms with van der Waals surface area (Å²) in [6, 6.07) is 13.8. The van der Waals surface area contributed by atoms with Crippen molar-refractivity contribution in [1.82, 2.24) is 29.5 Å². The van der Waals surface area contributed by atoms with Crippen LogP contribution in [0.25, 0.3) is 17.1 Å². The van der Waals surface area contributed by atoms with E-state index in [1.807, 2.05) is 68.7 Å². The van der Waals surface area contributed by atoms with Gasteiger partial charge in [0.1, 0.15) is 5.82 Å². The maximum absolute atomic E-state index is 12.9. The molecule has 0 aliphatic carbocycles. The number of nitrogens with zero attached hydrogens (tertiary/aromatic N) is 6. The fourth-order valence-electron chi connectivity index (χ4n) is 3.33. The van der Waals surface area contributed by atoms with Crippen molar-refractivity contribution in [1.29, 1.82) is 0 Å².